The molecule has 0 saturated heterocycles. The number of nitrogens with zero attached hydrogens (tertiary/aromatic N) is 4. The Balaban J connectivity index is 0.00000256. The second-order valence-electron chi connectivity index (χ2n) is 6.70. The number of nitrogens with one attached hydrogen (secondary N) is 2. The number of para-hydroxylation sites is 2. The Labute approximate surface area is 196 Å². The van der Waals surface area contributed by atoms with Gasteiger partial charge in [0, 0.05) is 11.9 Å². The number of fused-ring (bicyclic) bond motifs is 1. The van der Waals surface area contributed by atoms with E-state index in [0.717, 1.165) is 23.1 Å². The van der Waals surface area contributed by atoms with Crippen molar-refractivity contribution in [1.29, 1.82) is 0 Å². The maximum absolute atomic E-state index is 6.02. The number of thiophene rings is 1. The van der Waals surface area contributed by atoms with Gasteiger partial charge in [0.05, 0.1) is 13.1 Å². The van der Waals surface area contributed by atoms with Crippen LogP contribution in [0.5, 0.6) is 11.5 Å². The third-order valence-electron chi connectivity index (χ3n) is 4.64. The second-order valence-corrected chi connectivity index (χ2v) is 7.73. The van der Waals surface area contributed by atoms with Gasteiger partial charge in [0.1, 0.15) is 25.1 Å². The molecule has 30 heavy (non-hydrogen) atoms. The summed E-state index contributed by atoms with van der Waals surface area (Å²) in [4.78, 5) is 5.91. The fourth-order valence-corrected chi connectivity index (χ4v) is 3.52. The first-order chi connectivity index (χ1) is 14.2. The van der Waals surface area contributed by atoms with Crippen LogP contribution in [0.15, 0.2) is 46.8 Å². The molecule has 1 aliphatic heterocycles. The summed E-state index contributed by atoms with van der Waals surface area (Å²) in [6, 6.07) is 11.8. The average Bonchev–Trinajstić information content (AvgIpc) is 3.38. The first-order valence-corrected chi connectivity index (χ1v) is 10.3. The molecule has 0 saturated carbocycles. The smallest absolute Gasteiger partial charge is 0.192 e. The SMILES string of the molecule is Cc1nnc(CN=C(NCc2cccs2)NCC2COc3ccccc3O2)n1C.I. The Morgan fingerprint density at radius 3 is 2.77 bits per heavy atom. The van der Waals surface area contributed by atoms with Gasteiger partial charge >= 0.3 is 0 Å². The van der Waals surface area contributed by atoms with Crippen LogP contribution >= 0.6 is 35.3 Å². The summed E-state index contributed by atoms with van der Waals surface area (Å²) < 4.78 is 13.8. The highest BCUT2D eigenvalue weighted by Crippen LogP contribution is 2.30. The lowest BCUT2D eigenvalue weighted by atomic mass is 10.2. The lowest BCUT2D eigenvalue weighted by Crippen LogP contribution is -2.45. The van der Waals surface area contributed by atoms with Gasteiger partial charge in [0.15, 0.2) is 23.3 Å². The Hall–Kier alpha value is -2.34. The fraction of sp³-hybridized carbons (Fsp3) is 0.350. The third-order valence-corrected chi connectivity index (χ3v) is 5.51. The molecule has 1 aromatic carbocycles. The lowest BCUT2D eigenvalue weighted by Gasteiger charge is -2.27. The number of aliphatic imine (C=N–C) groups is 1. The molecule has 1 aliphatic rings. The summed E-state index contributed by atoms with van der Waals surface area (Å²) in [6.45, 7) is 4.12. The van der Waals surface area contributed by atoms with Crippen LogP contribution in [0.2, 0.25) is 0 Å². The molecule has 2 N–H and O–H groups in total. The fourth-order valence-electron chi connectivity index (χ4n) is 2.87. The van der Waals surface area contributed by atoms with Crippen molar-refractivity contribution in [2.75, 3.05) is 13.2 Å². The normalized spacial score (nSPS) is 15.4. The zero-order chi connectivity index (χ0) is 20.1. The predicted octanol–water partition coefficient (Wildman–Crippen LogP) is 2.88. The molecule has 160 valence electrons. The number of benzene rings is 1. The number of hydrogen-bond donors (Lipinski definition) is 2. The molecule has 3 heterocycles. The zero-order valence-electron chi connectivity index (χ0n) is 16.9. The van der Waals surface area contributed by atoms with Crippen molar-refractivity contribution in [3.8, 4) is 11.5 Å². The van der Waals surface area contributed by atoms with E-state index >= 15 is 0 Å². The maximum Gasteiger partial charge on any atom is 0.192 e. The van der Waals surface area contributed by atoms with Gasteiger partial charge in [0.25, 0.3) is 0 Å². The topological polar surface area (TPSA) is 85.6 Å². The van der Waals surface area contributed by atoms with E-state index in [4.69, 9.17) is 9.47 Å². The van der Waals surface area contributed by atoms with Crippen LogP contribution in [-0.2, 0) is 20.1 Å². The Kier molecular flexibility index (Phi) is 7.91. The van der Waals surface area contributed by atoms with Gasteiger partial charge in [0.2, 0.25) is 0 Å². The van der Waals surface area contributed by atoms with E-state index in [0.29, 0.717) is 32.2 Å². The summed E-state index contributed by atoms with van der Waals surface area (Å²) in [6.07, 6.45) is -0.101. The number of ether oxygens (including phenoxy) is 2. The van der Waals surface area contributed by atoms with Gasteiger partial charge in [-0.15, -0.1) is 45.5 Å². The standard InChI is InChI=1S/C20H24N6O2S.HI/c1-14-24-25-19(26(14)2)12-23-20(22-11-16-6-5-9-29-16)21-10-15-13-27-17-7-3-4-8-18(17)28-15;/h3-9,15H,10-13H2,1-2H3,(H2,21,22,23);1H. The maximum atomic E-state index is 6.02. The molecule has 0 amide bonds. The van der Waals surface area contributed by atoms with E-state index in [9.17, 15) is 0 Å². The van der Waals surface area contributed by atoms with Crippen molar-refractivity contribution < 1.29 is 9.47 Å². The van der Waals surface area contributed by atoms with Crippen LogP contribution in [0.3, 0.4) is 0 Å². The molecule has 10 heteroatoms. The first-order valence-electron chi connectivity index (χ1n) is 9.47. The third kappa shape index (κ3) is 5.63. The summed E-state index contributed by atoms with van der Waals surface area (Å²) in [5, 5.41) is 17.1. The molecule has 0 fully saturated rings. The summed E-state index contributed by atoms with van der Waals surface area (Å²) >= 11 is 1.71. The molecular weight excluding hydrogens is 515 g/mol. The summed E-state index contributed by atoms with van der Waals surface area (Å²) in [5.74, 6) is 3.92. The largest absolute Gasteiger partial charge is 0.486 e. The van der Waals surface area contributed by atoms with Gasteiger partial charge in [-0.05, 0) is 30.5 Å². The highest BCUT2D eigenvalue weighted by Gasteiger charge is 2.20. The van der Waals surface area contributed by atoms with Crippen molar-refractivity contribution >= 4 is 41.3 Å². The highest BCUT2D eigenvalue weighted by molar-refractivity contribution is 14.0. The van der Waals surface area contributed by atoms with E-state index in [1.807, 2.05) is 48.9 Å². The van der Waals surface area contributed by atoms with E-state index in [1.165, 1.54) is 4.88 Å². The minimum atomic E-state index is -0.101. The van der Waals surface area contributed by atoms with Crippen LogP contribution < -0.4 is 20.1 Å². The highest BCUT2D eigenvalue weighted by atomic mass is 127. The number of halogens is 1. The molecule has 2 aromatic heterocycles. The van der Waals surface area contributed by atoms with Crippen molar-refractivity contribution in [2.24, 2.45) is 12.0 Å². The molecule has 8 nitrogen and oxygen atoms in total. The van der Waals surface area contributed by atoms with Gasteiger partial charge in [-0.3, -0.25) is 0 Å². The Morgan fingerprint density at radius 1 is 1.20 bits per heavy atom. The summed E-state index contributed by atoms with van der Waals surface area (Å²) in [7, 11) is 1.94. The van der Waals surface area contributed by atoms with E-state index in [1.54, 1.807) is 11.3 Å². The zero-order valence-corrected chi connectivity index (χ0v) is 20.0. The molecule has 0 aliphatic carbocycles. The average molecular weight is 540 g/mol. The number of hydrogen-bond acceptors (Lipinski definition) is 6. The van der Waals surface area contributed by atoms with Crippen molar-refractivity contribution in [3.63, 3.8) is 0 Å². The Bertz CT molecular complexity index is 976. The lowest BCUT2D eigenvalue weighted by molar-refractivity contribution is 0.0936. The molecule has 0 bridgehead atoms. The molecule has 0 spiro atoms. The molecule has 4 rings (SSSR count). The second kappa shape index (κ2) is 10.6. The first kappa shape index (κ1) is 22.3. The predicted molar refractivity (Wildman–Crippen MR) is 128 cm³/mol. The van der Waals surface area contributed by atoms with Crippen molar-refractivity contribution in [1.82, 2.24) is 25.4 Å². The molecule has 3 aromatic rings. The molecule has 1 unspecified atom stereocenters. The van der Waals surface area contributed by atoms with Crippen molar-refractivity contribution in [2.45, 2.75) is 26.1 Å². The monoisotopic (exact) mass is 540 g/mol. The minimum absolute atomic E-state index is 0. The van der Waals surface area contributed by atoms with Gasteiger partial charge in [-0.1, -0.05) is 18.2 Å². The molecule has 0 radical (unpaired) electrons. The number of aromatic nitrogens is 3. The van der Waals surface area contributed by atoms with E-state index in [2.05, 4.69) is 37.3 Å². The quantitative estimate of drug-likeness (QED) is 0.284. The van der Waals surface area contributed by atoms with Gasteiger partial charge in [-0.25, -0.2) is 4.99 Å². The van der Waals surface area contributed by atoms with Crippen LogP contribution in [0.4, 0.5) is 0 Å². The van der Waals surface area contributed by atoms with Crippen LogP contribution in [0.25, 0.3) is 0 Å². The van der Waals surface area contributed by atoms with Crippen LogP contribution in [-0.4, -0.2) is 40.0 Å². The van der Waals surface area contributed by atoms with Gasteiger partial charge < -0.3 is 24.7 Å². The minimum Gasteiger partial charge on any atom is -0.486 e. The molecule has 1 atom stereocenters. The van der Waals surface area contributed by atoms with E-state index in [-0.39, 0.29) is 30.1 Å². The van der Waals surface area contributed by atoms with Crippen LogP contribution in [0, 0.1) is 6.92 Å². The van der Waals surface area contributed by atoms with Crippen LogP contribution in [0.1, 0.15) is 16.5 Å². The number of aryl methyl sites for hydroxylation is 1. The van der Waals surface area contributed by atoms with Crippen molar-refractivity contribution in [3.05, 3.63) is 58.3 Å². The summed E-state index contributed by atoms with van der Waals surface area (Å²) in [5.41, 5.74) is 0. The number of rotatable bonds is 6. The van der Waals surface area contributed by atoms with Gasteiger partial charge in [-0.2, -0.15) is 0 Å². The number of guanidine groups is 1. The molecular formula is C20H25IN6O2S. The van der Waals surface area contributed by atoms with E-state index < -0.39 is 0 Å². The Morgan fingerprint density at radius 2 is 2.03 bits per heavy atom.